The summed E-state index contributed by atoms with van der Waals surface area (Å²) >= 11 is 0. The lowest BCUT2D eigenvalue weighted by atomic mass is 10.1. The van der Waals surface area contributed by atoms with Gasteiger partial charge in [-0.3, -0.25) is 5.73 Å². The van der Waals surface area contributed by atoms with Crippen LogP contribution in [0, 0.1) is 0 Å². The lowest BCUT2D eigenvalue weighted by molar-refractivity contribution is 0.00821. The molecular weight excluding hydrogens is 156 g/mol. The molecule has 0 saturated carbocycles. The standard InChI is InChI=1S/C8H15N2O2/c1-8(2,3)12-7(11)10-4-6(9)5-10/h6,9H,4-5H2,1-3H3. The Morgan fingerprint density at radius 2 is 2.00 bits per heavy atom. The van der Waals surface area contributed by atoms with Crippen LogP contribution in [0.2, 0.25) is 0 Å². The second-order valence-electron chi connectivity index (χ2n) is 4.08. The number of carbonyl (C=O) groups is 1. The van der Waals surface area contributed by atoms with Crippen molar-refractivity contribution >= 4 is 6.09 Å². The fourth-order valence-corrected chi connectivity index (χ4v) is 0.954. The van der Waals surface area contributed by atoms with Crippen molar-refractivity contribution in [3.8, 4) is 0 Å². The van der Waals surface area contributed by atoms with Crippen LogP contribution < -0.4 is 5.73 Å². The molecule has 0 aromatic carbocycles. The van der Waals surface area contributed by atoms with Crippen LogP contribution in [0.4, 0.5) is 4.79 Å². The van der Waals surface area contributed by atoms with Crippen molar-refractivity contribution in [2.24, 2.45) is 0 Å². The molecule has 1 amide bonds. The first kappa shape index (κ1) is 9.32. The Labute approximate surface area is 72.7 Å². The molecule has 0 aromatic heterocycles. The number of carbonyl (C=O) groups excluding carboxylic acids is 1. The smallest absolute Gasteiger partial charge is 0.410 e. The first-order chi connectivity index (χ1) is 5.38. The van der Waals surface area contributed by atoms with Crippen LogP contribution in [0.3, 0.4) is 0 Å². The summed E-state index contributed by atoms with van der Waals surface area (Å²) in [5.41, 5.74) is 6.79. The summed E-state index contributed by atoms with van der Waals surface area (Å²) in [6.07, 6.45) is -0.300. The molecule has 69 valence electrons. The third kappa shape index (κ3) is 2.37. The number of amides is 1. The van der Waals surface area contributed by atoms with Crippen molar-refractivity contribution in [2.75, 3.05) is 13.1 Å². The molecule has 0 aliphatic carbocycles. The van der Waals surface area contributed by atoms with E-state index in [-0.39, 0.29) is 12.1 Å². The number of hydrogen-bond donors (Lipinski definition) is 0. The number of nitrogens with one attached hydrogen (secondary N) is 1. The Morgan fingerprint density at radius 3 is 2.33 bits per heavy atom. The molecule has 1 radical (unpaired) electrons. The summed E-state index contributed by atoms with van der Waals surface area (Å²) in [5, 5.41) is 0. The number of hydrogen-bond acceptors (Lipinski definition) is 2. The molecule has 0 spiro atoms. The summed E-state index contributed by atoms with van der Waals surface area (Å²) < 4.78 is 5.09. The van der Waals surface area contributed by atoms with Crippen molar-refractivity contribution in [1.29, 1.82) is 0 Å². The van der Waals surface area contributed by atoms with Gasteiger partial charge in [-0.15, -0.1) is 0 Å². The van der Waals surface area contributed by atoms with Crippen molar-refractivity contribution in [2.45, 2.75) is 32.4 Å². The number of ether oxygens (including phenoxy) is 1. The number of rotatable bonds is 0. The third-order valence-electron chi connectivity index (χ3n) is 1.53. The van der Waals surface area contributed by atoms with Crippen LogP contribution in [-0.2, 0) is 4.74 Å². The highest BCUT2D eigenvalue weighted by molar-refractivity contribution is 5.69. The zero-order valence-electron chi connectivity index (χ0n) is 7.76. The van der Waals surface area contributed by atoms with E-state index in [2.05, 4.69) is 0 Å². The van der Waals surface area contributed by atoms with E-state index < -0.39 is 5.60 Å². The molecule has 1 aliphatic heterocycles. The molecule has 12 heavy (non-hydrogen) atoms. The van der Waals surface area contributed by atoms with E-state index >= 15 is 0 Å². The SMILES string of the molecule is CC(C)(C)OC(=O)N1CC([NH])C1. The summed E-state index contributed by atoms with van der Waals surface area (Å²) in [6, 6.07) is -0.113. The fourth-order valence-electron chi connectivity index (χ4n) is 0.954. The maximum atomic E-state index is 11.2. The first-order valence-electron chi connectivity index (χ1n) is 4.07. The van der Waals surface area contributed by atoms with Crippen molar-refractivity contribution in [3.05, 3.63) is 0 Å². The summed E-state index contributed by atoms with van der Waals surface area (Å²) in [6.45, 7) is 6.53. The van der Waals surface area contributed by atoms with E-state index in [4.69, 9.17) is 10.5 Å². The molecule has 1 fully saturated rings. The molecule has 1 aliphatic rings. The van der Waals surface area contributed by atoms with Gasteiger partial charge in [0.25, 0.3) is 0 Å². The van der Waals surface area contributed by atoms with Gasteiger partial charge in [0, 0.05) is 13.1 Å². The second-order valence-corrected chi connectivity index (χ2v) is 4.08. The highest BCUT2D eigenvalue weighted by atomic mass is 16.6. The maximum absolute atomic E-state index is 11.2. The van der Waals surface area contributed by atoms with Gasteiger partial charge < -0.3 is 9.64 Å². The van der Waals surface area contributed by atoms with Gasteiger partial charge in [-0.2, -0.15) is 0 Å². The maximum Gasteiger partial charge on any atom is 0.410 e. The van der Waals surface area contributed by atoms with Crippen molar-refractivity contribution in [3.63, 3.8) is 0 Å². The quantitative estimate of drug-likeness (QED) is 0.543. The minimum absolute atomic E-state index is 0.113. The summed E-state index contributed by atoms with van der Waals surface area (Å²) in [7, 11) is 0. The summed E-state index contributed by atoms with van der Waals surface area (Å²) in [5.74, 6) is 0. The van der Waals surface area contributed by atoms with Gasteiger partial charge in [-0.1, -0.05) is 0 Å². The fraction of sp³-hybridized carbons (Fsp3) is 0.875. The van der Waals surface area contributed by atoms with Gasteiger partial charge in [0.15, 0.2) is 0 Å². The summed E-state index contributed by atoms with van der Waals surface area (Å²) in [4.78, 5) is 12.8. The lowest BCUT2D eigenvalue weighted by Gasteiger charge is -2.37. The molecule has 4 nitrogen and oxygen atoms in total. The van der Waals surface area contributed by atoms with Crippen molar-refractivity contribution < 1.29 is 9.53 Å². The molecule has 4 heteroatoms. The van der Waals surface area contributed by atoms with Crippen LogP contribution >= 0.6 is 0 Å². The largest absolute Gasteiger partial charge is 0.444 e. The molecule has 1 rings (SSSR count). The molecule has 1 saturated heterocycles. The molecule has 0 unspecified atom stereocenters. The molecule has 0 atom stereocenters. The average Bonchev–Trinajstić information content (AvgIpc) is 1.76. The van der Waals surface area contributed by atoms with Crippen LogP contribution in [0.5, 0.6) is 0 Å². The van der Waals surface area contributed by atoms with E-state index in [1.807, 2.05) is 20.8 Å². The van der Waals surface area contributed by atoms with Crippen molar-refractivity contribution in [1.82, 2.24) is 10.6 Å². The van der Waals surface area contributed by atoms with Crippen LogP contribution in [0.25, 0.3) is 0 Å². The molecular formula is C8H15N2O2. The predicted molar refractivity (Wildman–Crippen MR) is 44.7 cm³/mol. The Kier molecular flexibility index (Phi) is 2.28. The van der Waals surface area contributed by atoms with Crippen LogP contribution in [0.15, 0.2) is 0 Å². The van der Waals surface area contributed by atoms with Gasteiger partial charge in [0.2, 0.25) is 0 Å². The number of likely N-dealkylation sites (tertiary alicyclic amines) is 1. The number of nitrogens with zero attached hydrogens (tertiary/aromatic N) is 1. The van der Waals surface area contributed by atoms with Gasteiger partial charge >= 0.3 is 6.09 Å². The van der Waals surface area contributed by atoms with E-state index in [1.165, 1.54) is 0 Å². The Balaban J connectivity index is 2.30. The predicted octanol–water partition coefficient (Wildman–Crippen LogP) is 0.889. The Bertz CT molecular complexity index is 180. The molecule has 1 heterocycles. The minimum atomic E-state index is -0.426. The second kappa shape index (κ2) is 2.94. The monoisotopic (exact) mass is 171 g/mol. The highest BCUT2D eigenvalue weighted by Crippen LogP contribution is 2.14. The average molecular weight is 171 g/mol. The Morgan fingerprint density at radius 1 is 1.50 bits per heavy atom. The molecule has 0 bridgehead atoms. The minimum Gasteiger partial charge on any atom is -0.444 e. The lowest BCUT2D eigenvalue weighted by Crippen LogP contribution is -2.55. The zero-order chi connectivity index (χ0) is 9.35. The molecule has 1 N–H and O–H groups in total. The van der Waals surface area contributed by atoms with Gasteiger partial charge in [-0.25, -0.2) is 4.79 Å². The van der Waals surface area contributed by atoms with Gasteiger partial charge in [-0.05, 0) is 20.8 Å². The Hall–Kier alpha value is -0.770. The third-order valence-corrected chi connectivity index (χ3v) is 1.53. The topological polar surface area (TPSA) is 53.3 Å². The van der Waals surface area contributed by atoms with E-state index in [0.717, 1.165) is 0 Å². The van der Waals surface area contributed by atoms with E-state index in [0.29, 0.717) is 13.1 Å². The van der Waals surface area contributed by atoms with Crippen LogP contribution in [0.1, 0.15) is 20.8 Å². The first-order valence-corrected chi connectivity index (χ1v) is 4.07. The van der Waals surface area contributed by atoms with E-state index in [9.17, 15) is 4.79 Å². The highest BCUT2D eigenvalue weighted by Gasteiger charge is 2.31. The normalized spacial score (nSPS) is 18.8. The van der Waals surface area contributed by atoms with Gasteiger partial charge in [0.05, 0.1) is 6.04 Å². The zero-order valence-corrected chi connectivity index (χ0v) is 7.76. The van der Waals surface area contributed by atoms with E-state index in [1.54, 1.807) is 4.90 Å². The molecule has 0 aromatic rings. The van der Waals surface area contributed by atoms with Crippen LogP contribution in [-0.4, -0.2) is 35.7 Å². The van der Waals surface area contributed by atoms with Gasteiger partial charge in [0.1, 0.15) is 5.60 Å².